The van der Waals surface area contributed by atoms with Crippen molar-refractivity contribution in [2.75, 3.05) is 13.2 Å². The van der Waals surface area contributed by atoms with Crippen LogP contribution in [0.15, 0.2) is 69.9 Å². The highest BCUT2D eigenvalue weighted by Gasteiger charge is 2.49. The Morgan fingerprint density at radius 1 is 0.792 bits per heavy atom. The van der Waals surface area contributed by atoms with E-state index in [9.17, 15) is 60.7 Å². The number of hydrogen-bond donors (Lipinski definition) is 10. The second kappa shape index (κ2) is 15.3. The first kappa shape index (κ1) is 37.3. The van der Waals surface area contributed by atoms with Gasteiger partial charge < -0.3 is 79.2 Å². The van der Waals surface area contributed by atoms with Gasteiger partial charge in [0.15, 0.2) is 29.7 Å². The van der Waals surface area contributed by atoms with Crippen molar-refractivity contribution in [1.29, 1.82) is 0 Å². The van der Waals surface area contributed by atoms with Crippen molar-refractivity contribution in [3.8, 4) is 45.8 Å². The highest BCUT2D eigenvalue weighted by Crippen LogP contribution is 2.40. The summed E-state index contributed by atoms with van der Waals surface area (Å²) in [5, 5.41) is 102. The van der Waals surface area contributed by atoms with Gasteiger partial charge in [-0.15, -0.1) is 0 Å². The second-order valence-electron chi connectivity index (χ2n) is 12.2. The van der Waals surface area contributed by atoms with Gasteiger partial charge in [-0.3, -0.25) is 4.79 Å². The quantitative estimate of drug-likeness (QED) is 0.0608. The Morgan fingerprint density at radius 2 is 1.53 bits per heavy atom. The van der Waals surface area contributed by atoms with Crippen molar-refractivity contribution in [3.05, 3.63) is 76.5 Å². The van der Waals surface area contributed by atoms with Crippen molar-refractivity contribution in [2.45, 2.75) is 55.3 Å². The molecule has 53 heavy (non-hydrogen) atoms. The van der Waals surface area contributed by atoms with Crippen LogP contribution in [0.3, 0.4) is 0 Å². The Bertz CT molecular complexity index is 2040. The van der Waals surface area contributed by atoms with Crippen LogP contribution in [0.4, 0.5) is 0 Å². The van der Waals surface area contributed by atoms with Gasteiger partial charge in [0.1, 0.15) is 64.8 Å². The summed E-state index contributed by atoms with van der Waals surface area (Å²) in [5.41, 5.74) is -1.03. The predicted molar refractivity (Wildman–Crippen MR) is 177 cm³/mol. The Kier molecular flexibility index (Phi) is 10.8. The molecule has 1 aromatic heterocycles. The molecule has 18 nitrogen and oxygen atoms in total. The lowest BCUT2D eigenvalue weighted by Crippen LogP contribution is -2.62. The molecule has 18 heteroatoms. The SMILES string of the molecule is O=C(C=Cc1ccc(O)cc1)O[C@H]1[C@H](Oc2c(-c3ccc(O)c(O)c3)oc3cc(O)cc(O)c3c2=O)O[C@@H](CO[C@@H]2OC[C@H](O)[C@H](O)[C@@H]2O)[C@@H](O)[C@@H]1O. The summed E-state index contributed by atoms with van der Waals surface area (Å²) >= 11 is 0. The number of rotatable bonds is 9. The van der Waals surface area contributed by atoms with E-state index in [-0.39, 0.29) is 16.9 Å². The Labute approximate surface area is 297 Å². The van der Waals surface area contributed by atoms with Crippen LogP contribution >= 0.6 is 0 Å². The molecule has 0 radical (unpaired) electrons. The monoisotopic (exact) mass is 742 g/mol. The van der Waals surface area contributed by atoms with Crippen LogP contribution < -0.4 is 10.2 Å². The predicted octanol–water partition coefficient (Wildman–Crippen LogP) is -0.106. The van der Waals surface area contributed by atoms with Crippen LogP contribution in [-0.2, 0) is 23.7 Å². The number of aliphatic hydroxyl groups excluding tert-OH is 5. The van der Waals surface area contributed by atoms with Crippen LogP contribution in [0.1, 0.15) is 5.56 Å². The van der Waals surface area contributed by atoms with Crippen LogP contribution in [0.25, 0.3) is 28.4 Å². The summed E-state index contributed by atoms with van der Waals surface area (Å²) in [4.78, 5) is 27.0. The summed E-state index contributed by atoms with van der Waals surface area (Å²) in [6.45, 7) is -1.09. The van der Waals surface area contributed by atoms with Gasteiger partial charge in [0.2, 0.25) is 17.5 Å². The van der Waals surface area contributed by atoms with Crippen molar-refractivity contribution in [3.63, 3.8) is 0 Å². The molecule has 0 unspecified atom stereocenters. The molecule has 2 fully saturated rings. The number of phenolic OH excluding ortho intramolecular Hbond substituents is 5. The third-order valence-corrected chi connectivity index (χ3v) is 8.47. The lowest BCUT2D eigenvalue weighted by atomic mass is 9.98. The van der Waals surface area contributed by atoms with E-state index in [4.69, 9.17) is 28.1 Å². The topological polar surface area (TPSA) is 296 Å². The van der Waals surface area contributed by atoms with E-state index in [1.54, 1.807) is 0 Å². The molecule has 0 spiro atoms. The van der Waals surface area contributed by atoms with Crippen molar-refractivity contribution >= 4 is 23.0 Å². The van der Waals surface area contributed by atoms with E-state index in [1.807, 2.05) is 0 Å². The zero-order valence-electron chi connectivity index (χ0n) is 27.2. The average molecular weight is 743 g/mol. The molecule has 3 heterocycles. The molecule has 282 valence electrons. The molecule has 0 bridgehead atoms. The Hall–Kier alpha value is -5.44. The normalized spacial score (nSPS) is 27.5. The molecular formula is C35H34O18. The van der Waals surface area contributed by atoms with E-state index in [2.05, 4.69) is 0 Å². The molecule has 2 saturated heterocycles. The van der Waals surface area contributed by atoms with Gasteiger partial charge in [-0.25, -0.2) is 4.79 Å². The summed E-state index contributed by atoms with van der Waals surface area (Å²) < 4.78 is 33.8. The first-order valence-electron chi connectivity index (χ1n) is 15.9. The Morgan fingerprint density at radius 3 is 2.25 bits per heavy atom. The smallest absolute Gasteiger partial charge is 0.331 e. The van der Waals surface area contributed by atoms with E-state index >= 15 is 0 Å². The van der Waals surface area contributed by atoms with Gasteiger partial charge in [0.05, 0.1) is 13.2 Å². The first-order valence-corrected chi connectivity index (χ1v) is 15.9. The second-order valence-corrected chi connectivity index (χ2v) is 12.2. The van der Waals surface area contributed by atoms with E-state index in [1.165, 1.54) is 36.4 Å². The third-order valence-electron chi connectivity index (χ3n) is 8.47. The maximum atomic E-state index is 14.0. The number of fused-ring (bicyclic) bond motifs is 1. The highest BCUT2D eigenvalue weighted by molar-refractivity contribution is 5.89. The molecular weight excluding hydrogens is 708 g/mol. The number of ether oxygens (including phenoxy) is 5. The number of carbonyl (C=O) groups is 1. The van der Waals surface area contributed by atoms with Gasteiger partial charge in [-0.2, -0.15) is 0 Å². The lowest BCUT2D eigenvalue weighted by Gasteiger charge is -2.42. The van der Waals surface area contributed by atoms with Gasteiger partial charge in [-0.1, -0.05) is 12.1 Å². The minimum atomic E-state index is -2.02. The zero-order valence-corrected chi connectivity index (χ0v) is 27.2. The largest absolute Gasteiger partial charge is 0.508 e. The number of aliphatic hydroxyl groups is 5. The number of carbonyl (C=O) groups excluding carboxylic acids is 1. The van der Waals surface area contributed by atoms with Gasteiger partial charge >= 0.3 is 5.97 Å². The average Bonchev–Trinajstić information content (AvgIpc) is 3.12. The minimum Gasteiger partial charge on any atom is -0.508 e. The molecule has 0 saturated carbocycles. The number of phenols is 5. The Balaban J connectivity index is 1.37. The summed E-state index contributed by atoms with van der Waals surface area (Å²) in [5.74, 6) is -4.71. The van der Waals surface area contributed by atoms with Crippen LogP contribution in [0.5, 0.6) is 34.5 Å². The maximum absolute atomic E-state index is 14.0. The van der Waals surface area contributed by atoms with Crippen molar-refractivity contribution in [2.24, 2.45) is 0 Å². The van der Waals surface area contributed by atoms with Crippen LogP contribution in [0, 0.1) is 0 Å². The van der Waals surface area contributed by atoms with Crippen molar-refractivity contribution in [1.82, 2.24) is 0 Å². The van der Waals surface area contributed by atoms with E-state index in [0.717, 1.165) is 30.3 Å². The fraction of sp³-hybridized carbons (Fsp3) is 0.314. The first-order chi connectivity index (χ1) is 25.2. The molecule has 0 aliphatic carbocycles. The minimum absolute atomic E-state index is 0.0248. The third kappa shape index (κ3) is 7.84. The van der Waals surface area contributed by atoms with E-state index < -0.39 is 120 Å². The summed E-state index contributed by atoms with van der Waals surface area (Å²) in [6, 6.07) is 10.9. The highest BCUT2D eigenvalue weighted by atomic mass is 16.7. The standard InChI is InChI=1S/C35H34O18/c36-16-5-1-14(2-6-16)3-8-24(42)52-33-29(46)27(44)23(13-49-34-30(47)26(43)21(41)12-48-34)51-35(33)53-32-28(45)25-20(40)10-17(37)11-22(25)50-31(32)15-4-7-18(38)19(39)9-15/h1-11,21,23,26-27,29-30,33-41,43-44,46-47H,12-13H2/t21-,23-,26-,27+,29-,30-,33+,34-,35-/m0/s1. The molecule has 2 aliphatic heterocycles. The molecule has 0 amide bonds. The fourth-order valence-corrected chi connectivity index (χ4v) is 5.65. The number of benzene rings is 3. The molecule has 3 aromatic carbocycles. The maximum Gasteiger partial charge on any atom is 0.331 e. The zero-order chi connectivity index (χ0) is 38.1. The fourth-order valence-electron chi connectivity index (χ4n) is 5.65. The number of esters is 1. The van der Waals surface area contributed by atoms with Gasteiger partial charge in [0.25, 0.3) is 0 Å². The van der Waals surface area contributed by atoms with Crippen molar-refractivity contribution < 1.29 is 84.0 Å². The molecule has 2 aliphatic rings. The van der Waals surface area contributed by atoms with Gasteiger partial charge in [-0.05, 0) is 42.0 Å². The molecule has 4 aromatic rings. The van der Waals surface area contributed by atoms with E-state index in [0.29, 0.717) is 5.56 Å². The molecule has 6 rings (SSSR count). The lowest BCUT2D eigenvalue weighted by molar-refractivity contribution is -0.308. The number of aromatic hydroxyl groups is 5. The molecule has 10 N–H and O–H groups in total. The van der Waals surface area contributed by atoms with Gasteiger partial charge in [0, 0.05) is 23.8 Å². The molecule has 9 atom stereocenters. The van der Waals surface area contributed by atoms with Crippen LogP contribution in [0.2, 0.25) is 0 Å². The van der Waals surface area contributed by atoms with Crippen LogP contribution in [-0.4, -0.2) is 126 Å². The number of hydrogen-bond acceptors (Lipinski definition) is 18. The summed E-state index contributed by atoms with van der Waals surface area (Å²) in [7, 11) is 0. The summed E-state index contributed by atoms with van der Waals surface area (Å²) in [6.07, 6.45) is -13.4.